The molecule has 0 unspecified atom stereocenters. The highest BCUT2D eigenvalue weighted by molar-refractivity contribution is 5.97. The highest BCUT2D eigenvalue weighted by Gasteiger charge is 2.25. The van der Waals surface area contributed by atoms with Gasteiger partial charge in [-0.05, 0) is 93.0 Å². The van der Waals surface area contributed by atoms with E-state index >= 15 is 0 Å². The molecule has 32 heavy (non-hydrogen) atoms. The minimum Gasteiger partial charge on any atom is -0.339 e. The van der Waals surface area contributed by atoms with Gasteiger partial charge in [0.2, 0.25) is 0 Å². The minimum absolute atomic E-state index is 0.134. The van der Waals surface area contributed by atoms with Crippen LogP contribution in [-0.2, 0) is 6.42 Å². The number of benzene rings is 2. The Kier molecular flexibility index (Phi) is 6.26. The maximum absolute atomic E-state index is 13.0. The number of nitrogens with zero attached hydrogens (tertiary/aromatic N) is 3. The zero-order chi connectivity index (χ0) is 21.9. The van der Waals surface area contributed by atoms with Crippen LogP contribution in [0.2, 0.25) is 0 Å². The molecule has 0 radical (unpaired) electrons. The van der Waals surface area contributed by atoms with Crippen LogP contribution in [0.5, 0.6) is 0 Å². The summed E-state index contributed by atoms with van der Waals surface area (Å²) >= 11 is 0. The Bertz CT molecular complexity index is 973. The Morgan fingerprint density at radius 1 is 0.781 bits per heavy atom. The monoisotopic (exact) mass is 431 g/mol. The minimum atomic E-state index is 0.134. The fourth-order valence-corrected chi connectivity index (χ4v) is 5.33. The van der Waals surface area contributed by atoms with E-state index in [0.29, 0.717) is 0 Å². The fourth-order valence-electron chi connectivity index (χ4n) is 5.33. The van der Waals surface area contributed by atoms with E-state index in [0.717, 1.165) is 86.2 Å². The summed E-state index contributed by atoms with van der Waals surface area (Å²) in [5, 5.41) is 0. The van der Waals surface area contributed by atoms with E-state index in [1.807, 2.05) is 46.2 Å². The first-order chi connectivity index (χ1) is 15.7. The summed E-state index contributed by atoms with van der Waals surface area (Å²) in [4.78, 5) is 32.1. The van der Waals surface area contributed by atoms with Gasteiger partial charge in [-0.25, -0.2) is 0 Å². The molecule has 2 aromatic carbocycles. The van der Waals surface area contributed by atoms with Gasteiger partial charge in [0, 0.05) is 37.3 Å². The molecule has 2 amide bonds. The van der Waals surface area contributed by atoms with E-state index in [4.69, 9.17) is 0 Å². The number of fused-ring (bicyclic) bond motifs is 1. The fraction of sp³-hybridized carbons (Fsp3) is 0.481. The topological polar surface area (TPSA) is 43.9 Å². The molecule has 168 valence electrons. The Labute approximate surface area is 191 Å². The Morgan fingerprint density at radius 2 is 1.47 bits per heavy atom. The molecule has 0 bridgehead atoms. The van der Waals surface area contributed by atoms with E-state index in [2.05, 4.69) is 11.0 Å². The van der Waals surface area contributed by atoms with Crippen LogP contribution in [0.1, 0.15) is 58.4 Å². The number of carbonyl (C=O) groups excluding carboxylic acids is 2. The quantitative estimate of drug-likeness (QED) is 0.692. The molecule has 2 fully saturated rings. The summed E-state index contributed by atoms with van der Waals surface area (Å²) in [5.74, 6) is 0.306. The summed E-state index contributed by atoms with van der Waals surface area (Å²) in [7, 11) is 0. The zero-order valence-corrected chi connectivity index (χ0v) is 18.9. The van der Waals surface area contributed by atoms with E-state index < -0.39 is 0 Å². The van der Waals surface area contributed by atoms with Crippen molar-refractivity contribution >= 4 is 11.8 Å². The Morgan fingerprint density at radius 3 is 2.22 bits per heavy atom. The van der Waals surface area contributed by atoms with Crippen LogP contribution in [0.15, 0.2) is 42.5 Å². The van der Waals surface area contributed by atoms with Crippen LogP contribution in [0.25, 0.3) is 11.1 Å². The van der Waals surface area contributed by atoms with Crippen molar-refractivity contribution in [1.29, 1.82) is 0 Å². The number of hydrogen-bond donors (Lipinski definition) is 0. The van der Waals surface area contributed by atoms with Crippen LogP contribution in [0.4, 0.5) is 0 Å². The van der Waals surface area contributed by atoms with Crippen LogP contribution in [0, 0.1) is 0 Å². The van der Waals surface area contributed by atoms with Gasteiger partial charge in [0.1, 0.15) is 0 Å². The second-order valence-electron chi connectivity index (χ2n) is 9.39. The van der Waals surface area contributed by atoms with Crippen LogP contribution in [0.3, 0.4) is 0 Å². The first-order valence-corrected chi connectivity index (χ1v) is 12.2. The molecule has 3 heterocycles. The lowest BCUT2D eigenvalue weighted by Crippen LogP contribution is -2.39. The van der Waals surface area contributed by atoms with E-state index in [9.17, 15) is 9.59 Å². The van der Waals surface area contributed by atoms with Gasteiger partial charge >= 0.3 is 0 Å². The molecule has 0 aliphatic carbocycles. The molecular formula is C27H33N3O2. The van der Waals surface area contributed by atoms with Crippen molar-refractivity contribution in [2.45, 2.75) is 38.5 Å². The van der Waals surface area contributed by atoms with Gasteiger partial charge in [-0.1, -0.05) is 24.3 Å². The third kappa shape index (κ3) is 4.44. The predicted octanol–water partition coefficient (Wildman–Crippen LogP) is 4.07. The highest BCUT2D eigenvalue weighted by Crippen LogP contribution is 2.27. The van der Waals surface area contributed by atoms with Crippen molar-refractivity contribution in [2.75, 3.05) is 45.8 Å². The number of likely N-dealkylation sites (tertiary alicyclic amines) is 2. The summed E-state index contributed by atoms with van der Waals surface area (Å²) < 4.78 is 0. The van der Waals surface area contributed by atoms with E-state index in [1.165, 1.54) is 25.9 Å². The maximum atomic E-state index is 13.0. The lowest BCUT2D eigenvalue weighted by Gasteiger charge is -2.29. The average molecular weight is 432 g/mol. The van der Waals surface area contributed by atoms with Crippen LogP contribution >= 0.6 is 0 Å². The molecular weight excluding hydrogens is 398 g/mol. The van der Waals surface area contributed by atoms with Crippen molar-refractivity contribution in [2.24, 2.45) is 0 Å². The largest absolute Gasteiger partial charge is 0.339 e. The molecule has 3 aliphatic heterocycles. The van der Waals surface area contributed by atoms with Gasteiger partial charge in [0.15, 0.2) is 0 Å². The molecule has 5 nitrogen and oxygen atoms in total. The van der Waals surface area contributed by atoms with E-state index in [1.54, 1.807) is 0 Å². The van der Waals surface area contributed by atoms with Crippen molar-refractivity contribution in [3.05, 3.63) is 59.2 Å². The average Bonchev–Trinajstić information content (AvgIpc) is 3.55. The Balaban J connectivity index is 1.23. The second kappa shape index (κ2) is 9.45. The summed E-state index contributed by atoms with van der Waals surface area (Å²) in [6.45, 7) is 6.93. The SMILES string of the molecule is O=C(c1ccc(-c2ccc3c(c2)CCN(CCCN2CCCC2)C3=O)cc1)N1CCCC1. The van der Waals surface area contributed by atoms with Crippen molar-refractivity contribution in [3.8, 4) is 11.1 Å². The van der Waals surface area contributed by atoms with Crippen molar-refractivity contribution < 1.29 is 9.59 Å². The standard InChI is InChI=1S/C27H33N3O2/c31-26(29-16-3-4-17-29)22-8-6-21(7-9-22)23-10-11-25-24(20-23)12-19-30(27(25)32)18-5-15-28-13-1-2-14-28/h6-11,20H,1-5,12-19H2. The molecule has 0 N–H and O–H groups in total. The first kappa shape index (κ1) is 21.2. The normalized spacial score (nSPS) is 18.9. The molecule has 0 saturated carbocycles. The molecule has 2 saturated heterocycles. The molecule has 0 atom stereocenters. The van der Waals surface area contributed by atoms with Gasteiger partial charge in [-0.15, -0.1) is 0 Å². The molecule has 5 rings (SSSR count). The zero-order valence-electron chi connectivity index (χ0n) is 18.9. The summed E-state index contributed by atoms with van der Waals surface area (Å²) in [6.07, 6.45) is 6.80. The second-order valence-corrected chi connectivity index (χ2v) is 9.39. The summed E-state index contributed by atoms with van der Waals surface area (Å²) in [6, 6.07) is 14.1. The van der Waals surface area contributed by atoms with E-state index in [-0.39, 0.29) is 11.8 Å². The lowest BCUT2D eigenvalue weighted by molar-refractivity contribution is 0.0732. The number of rotatable bonds is 6. The number of hydrogen-bond acceptors (Lipinski definition) is 3. The van der Waals surface area contributed by atoms with Gasteiger partial charge in [-0.2, -0.15) is 0 Å². The third-order valence-electron chi connectivity index (χ3n) is 7.23. The van der Waals surface area contributed by atoms with Gasteiger partial charge < -0.3 is 14.7 Å². The smallest absolute Gasteiger partial charge is 0.254 e. The Hall–Kier alpha value is -2.66. The number of amides is 2. The molecule has 0 spiro atoms. The van der Waals surface area contributed by atoms with Crippen LogP contribution in [-0.4, -0.2) is 72.3 Å². The predicted molar refractivity (Wildman–Crippen MR) is 127 cm³/mol. The molecule has 5 heteroatoms. The van der Waals surface area contributed by atoms with Crippen molar-refractivity contribution in [1.82, 2.24) is 14.7 Å². The third-order valence-corrected chi connectivity index (χ3v) is 7.23. The van der Waals surface area contributed by atoms with Gasteiger partial charge in [0.25, 0.3) is 11.8 Å². The number of carbonyl (C=O) groups is 2. The highest BCUT2D eigenvalue weighted by atomic mass is 16.2. The van der Waals surface area contributed by atoms with Gasteiger partial charge in [0.05, 0.1) is 0 Å². The van der Waals surface area contributed by atoms with Crippen molar-refractivity contribution in [3.63, 3.8) is 0 Å². The maximum Gasteiger partial charge on any atom is 0.254 e. The summed E-state index contributed by atoms with van der Waals surface area (Å²) in [5.41, 5.74) is 4.95. The molecule has 2 aromatic rings. The van der Waals surface area contributed by atoms with Gasteiger partial charge in [-0.3, -0.25) is 9.59 Å². The molecule has 3 aliphatic rings. The lowest BCUT2D eigenvalue weighted by atomic mass is 9.93. The first-order valence-electron chi connectivity index (χ1n) is 12.2. The van der Waals surface area contributed by atoms with Crippen LogP contribution < -0.4 is 0 Å². The molecule has 0 aromatic heterocycles.